The highest BCUT2D eigenvalue weighted by molar-refractivity contribution is 5.94. The van der Waals surface area contributed by atoms with E-state index in [1.165, 1.54) is 0 Å². The van der Waals surface area contributed by atoms with Crippen LogP contribution in [0.15, 0.2) is 30.3 Å². The highest BCUT2D eigenvalue weighted by Gasteiger charge is 2.22. The molecule has 0 saturated carbocycles. The van der Waals surface area contributed by atoms with Crippen molar-refractivity contribution in [3.63, 3.8) is 0 Å². The maximum atomic E-state index is 10.9. The average molecular weight is 272 g/mol. The van der Waals surface area contributed by atoms with Crippen LogP contribution in [-0.2, 0) is 6.42 Å². The summed E-state index contributed by atoms with van der Waals surface area (Å²) in [6.07, 6.45) is 0.609. The lowest BCUT2D eigenvalue weighted by atomic mass is 9.96. The SMILES string of the molecule is O=Cc1c(O)c(C=O)c(O)c(Cc2ccccc2)c1O. The van der Waals surface area contributed by atoms with E-state index in [0.29, 0.717) is 0 Å². The van der Waals surface area contributed by atoms with Crippen LogP contribution in [0.25, 0.3) is 0 Å². The van der Waals surface area contributed by atoms with Crippen LogP contribution in [0.4, 0.5) is 0 Å². The molecule has 0 aliphatic heterocycles. The van der Waals surface area contributed by atoms with Crippen molar-refractivity contribution in [2.45, 2.75) is 6.42 Å². The first-order valence-electron chi connectivity index (χ1n) is 5.84. The van der Waals surface area contributed by atoms with Crippen molar-refractivity contribution in [1.82, 2.24) is 0 Å². The Balaban J connectivity index is 2.63. The summed E-state index contributed by atoms with van der Waals surface area (Å²) in [6.45, 7) is 0. The van der Waals surface area contributed by atoms with Gasteiger partial charge in [0, 0.05) is 12.0 Å². The van der Waals surface area contributed by atoms with E-state index < -0.39 is 28.4 Å². The van der Waals surface area contributed by atoms with Gasteiger partial charge in [0.15, 0.2) is 12.6 Å². The number of phenolic OH excluding ortho intramolecular Hbond substituents is 3. The molecule has 102 valence electrons. The quantitative estimate of drug-likeness (QED) is 0.740. The number of carbonyl (C=O) groups excluding carboxylic acids is 2. The number of hydrogen-bond acceptors (Lipinski definition) is 5. The van der Waals surface area contributed by atoms with Crippen molar-refractivity contribution in [3.8, 4) is 17.2 Å². The predicted molar refractivity (Wildman–Crippen MR) is 71.5 cm³/mol. The number of hydrogen-bond donors (Lipinski definition) is 3. The highest BCUT2D eigenvalue weighted by Crippen LogP contribution is 2.41. The fourth-order valence-electron chi connectivity index (χ4n) is 2.00. The zero-order chi connectivity index (χ0) is 14.7. The van der Waals surface area contributed by atoms with Crippen LogP contribution in [0.5, 0.6) is 17.2 Å². The standard InChI is InChI=1S/C15H12O5/c16-7-11-13(18)10(6-9-4-2-1-3-5-9)14(19)12(8-17)15(11)20/h1-5,7-8,18-20H,6H2. The minimum atomic E-state index is -0.721. The van der Waals surface area contributed by atoms with Gasteiger partial charge in [0.05, 0.1) is 11.1 Å². The zero-order valence-corrected chi connectivity index (χ0v) is 10.4. The maximum absolute atomic E-state index is 10.9. The molecule has 0 saturated heterocycles. The van der Waals surface area contributed by atoms with Crippen molar-refractivity contribution in [1.29, 1.82) is 0 Å². The fraction of sp³-hybridized carbons (Fsp3) is 0.0667. The van der Waals surface area contributed by atoms with E-state index in [4.69, 9.17) is 0 Å². The molecule has 2 aromatic rings. The third-order valence-corrected chi connectivity index (χ3v) is 3.05. The lowest BCUT2D eigenvalue weighted by molar-refractivity contribution is 0.111. The van der Waals surface area contributed by atoms with E-state index in [-0.39, 0.29) is 24.6 Å². The smallest absolute Gasteiger partial charge is 0.157 e. The summed E-state index contributed by atoms with van der Waals surface area (Å²) in [5.74, 6) is -1.77. The lowest BCUT2D eigenvalue weighted by Crippen LogP contribution is -1.98. The molecule has 3 N–H and O–H groups in total. The van der Waals surface area contributed by atoms with E-state index in [1.54, 1.807) is 24.3 Å². The van der Waals surface area contributed by atoms with Gasteiger partial charge in [0.2, 0.25) is 0 Å². The molecule has 2 rings (SSSR count). The Kier molecular flexibility index (Phi) is 3.70. The molecule has 20 heavy (non-hydrogen) atoms. The van der Waals surface area contributed by atoms with Crippen LogP contribution in [0, 0.1) is 0 Å². The molecule has 5 nitrogen and oxygen atoms in total. The van der Waals surface area contributed by atoms with Gasteiger partial charge in [-0.2, -0.15) is 0 Å². The predicted octanol–water partition coefficient (Wildman–Crippen LogP) is 2.02. The van der Waals surface area contributed by atoms with Crippen LogP contribution in [0.1, 0.15) is 31.8 Å². The van der Waals surface area contributed by atoms with Gasteiger partial charge in [-0.05, 0) is 5.56 Å². The van der Waals surface area contributed by atoms with Crippen molar-refractivity contribution in [2.24, 2.45) is 0 Å². The molecule has 0 fully saturated rings. The van der Waals surface area contributed by atoms with Crippen LogP contribution in [0.2, 0.25) is 0 Å². The second-order valence-corrected chi connectivity index (χ2v) is 4.25. The van der Waals surface area contributed by atoms with Crippen LogP contribution in [-0.4, -0.2) is 27.9 Å². The monoisotopic (exact) mass is 272 g/mol. The number of aromatic hydroxyl groups is 3. The molecule has 0 atom stereocenters. The highest BCUT2D eigenvalue weighted by atomic mass is 16.3. The second kappa shape index (κ2) is 5.44. The molecular formula is C15H12O5. The van der Waals surface area contributed by atoms with Gasteiger partial charge < -0.3 is 15.3 Å². The third kappa shape index (κ3) is 2.21. The Bertz CT molecular complexity index is 627. The molecule has 0 aliphatic carbocycles. The van der Waals surface area contributed by atoms with Gasteiger partial charge in [0.1, 0.15) is 17.2 Å². The molecule has 5 heteroatoms. The number of carbonyl (C=O) groups is 2. The summed E-state index contributed by atoms with van der Waals surface area (Å²) in [5, 5.41) is 29.6. The van der Waals surface area contributed by atoms with E-state index >= 15 is 0 Å². The summed E-state index contributed by atoms with van der Waals surface area (Å²) in [5.41, 5.74) is -0.0117. The summed E-state index contributed by atoms with van der Waals surface area (Å²) in [6, 6.07) is 8.92. The van der Waals surface area contributed by atoms with E-state index in [1.807, 2.05) is 6.07 Å². The van der Waals surface area contributed by atoms with Crippen LogP contribution in [0.3, 0.4) is 0 Å². The fourth-order valence-corrected chi connectivity index (χ4v) is 2.00. The van der Waals surface area contributed by atoms with E-state index in [0.717, 1.165) is 5.56 Å². The molecule has 0 heterocycles. The lowest BCUT2D eigenvalue weighted by Gasteiger charge is -2.13. The molecule has 2 aromatic carbocycles. The van der Waals surface area contributed by atoms with Crippen molar-refractivity contribution in [2.75, 3.05) is 0 Å². The van der Waals surface area contributed by atoms with E-state index in [2.05, 4.69) is 0 Å². The molecule has 0 aliphatic rings. The van der Waals surface area contributed by atoms with Crippen molar-refractivity contribution >= 4 is 12.6 Å². The first kappa shape index (κ1) is 13.6. The molecule has 0 radical (unpaired) electrons. The van der Waals surface area contributed by atoms with E-state index in [9.17, 15) is 24.9 Å². The van der Waals surface area contributed by atoms with Gasteiger partial charge in [0.25, 0.3) is 0 Å². The zero-order valence-electron chi connectivity index (χ0n) is 10.4. The van der Waals surface area contributed by atoms with Crippen LogP contribution >= 0.6 is 0 Å². The van der Waals surface area contributed by atoms with Crippen LogP contribution < -0.4 is 0 Å². The minimum absolute atomic E-state index is 0.0261. The molecule has 0 unspecified atom stereocenters. The minimum Gasteiger partial charge on any atom is -0.507 e. The van der Waals surface area contributed by atoms with Gasteiger partial charge >= 0.3 is 0 Å². The summed E-state index contributed by atoms with van der Waals surface area (Å²) >= 11 is 0. The average Bonchev–Trinajstić information content (AvgIpc) is 2.46. The molecule has 0 amide bonds. The first-order chi connectivity index (χ1) is 9.60. The normalized spacial score (nSPS) is 10.2. The number of aldehydes is 2. The Morgan fingerprint density at radius 3 is 1.75 bits per heavy atom. The third-order valence-electron chi connectivity index (χ3n) is 3.05. The van der Waals surface area contributed by atoms with Gasteiger partial charge in [-0.3, -0.25) is 9.59 Å². The number of benzene rings is 2. The Hall–Kier alpha value is -2.82. The van der Waals surface area contributed by atoms with Crippen molar-refractivity contribution < 1.29 is 24.9 Å². The largest absolute Gasteiger partial charge is 0.507 e. The Morgan fingerprint density at radius 2 is 1.30 bits per heavy atom. The summed E-state index contributed by atoms with van der Waals surface area (Å²) < 4.78 is 0. The number of phenols is 3. The second-order valence-electron chi connectivity index (χ2n) is 4.25. The topological polar surface area (TPSA) is 94.8 Å². The summed E-state index contributed by atoms with van der Waals surface area (Å²) in [7, 11) is 0. The van der Waals surface area contributed by atoms with Gasteiger partial charge in [-0.1, -0.05) is 30.3 Å². The number of rotatable bonds is 4. The Morgan fingerprint density at radius 1 is 0.800 bits per heavy atom. The van der Waals surface area contributed by atoms with Crippen molar-refractivity contribution in [3.05, 3.63) is 52.6 Å². The molecule has 0 aromatic heterocycles. The maximum Gasteiger partial charge on any atom is 0.157 e. The summed E-state index contributed by atoms with van der Waals surface area (Å²) in [4.78, 5) is 21.8. The molecule has 0 bridgehead atoms. The Labute approximate surface area is 114 Å². The molecule has 0 spiro atoms. The first-order valence-corrected chi connectivity index (χ1v) is 5.84. The van der Waals surface area contributed by atoms with Gasteiger partial charge in [-0.15, -0.1) is 0 Å². The van der Waals surface area contributed by atoms with Gasteiger partial charge in [-0.25, -0.2) is 0 Å². The molecular weight excluding hydrogens is 260 g/mol.